The highest BCUT2D eigenvalue weighted by atomic mass is 19.1. The van der Waals surface area contributed by atoms with Crippen LogP contribution in [0.1, 0.15) is 47.5 Å². The Labute approximate surface area is 163 Å². The molecule has 3 aromatic rings. The second-order valence-corrected chi connectivity index (χ2v) is 7.51. The topological polar surface area (TPSA) is 59.2 Å². The van der Waals surface area contributed by atoms with Crippen molar-refractivity contribution in [2.45, 2.75) is 31.6 Å². The van der Waals surface area contributed by atoms with Crippen LogP contribution < -0.4 is 0 Å². The molecule has 0 spiro atoms. The van der Waals surface area contributed by atoms with Crippen molar-refractivity contribution in [3.63, 3.8) is 0 Å². The first-order chi connectivity index (χ1) is 13.5. The molecular weight excluding hydrogens is 357 g/mol. The van der Waals surface area contributed by atoms with Crippen LogP contribution in [0, 0.1) is 5.82 Å². The minimum absolute atomic E-state index is 0.0790. The summed E-state index contributed by atoms with van der Waals surface area (Å²) in [4.78, 5) is 23.2. The number of aromatic nitrogens is 2. The summed E-state index contributed by atoms with van der Waals surface area (Å²) in [5, 5.41) is 0. The van der Waals surface area contributed by atoms with E-state index in [1.54, 1.807) is 42.7 Å². The number of likely N-dealkylation sites (tertiary alicyclic amines) is 1. The molecule has 2 aromatic heterocycles. The Kier molecular flexibility index (Phi) is 4.94. The molecule has 0 N–H and O–H groups in total. The minimum Gasteiger partial charge on any atom is -0.445 e. The van der Waals surface area contributed by atoms with Crippen LogP contribution in [0.5, 0.6) is 0 Å². The van der Waals surface area contributed by atoms with Crippen molar-refractivity contribution in [2.24, 2.45) is 0 Å². The molecular formula is C22H22FN3O2. The number of nitrogens with zero attached hydrogens (tertiary/aromatic N) is 3. The fourth-order valence-corrected chi connectivity index (χ4v) is 3.74. The number of carbonyl (C=O) groups is 1. The van der Waals surface area contributed by atoms with Gasteiger partial charge in [0.25, 0.3) is 5.91 Å². The molecule has 6 heteroatoms. The van der Waals surface area contributed by atoms with Crippen LogP contribution in [0.2, 0.25) is 0 Å². The van der Waals surface area contributed by atoms with Crippen LogP contribution in [0.15, 0.2) is 59.3 Å². The molecule has 4 rings (SSSR count). The normalized spacial score (nSPS) is 19.6. The summed E-state index contributed by atoms with van der Waals surface area (Å²) < 4.78 is 19.9. The molecule has 5 nitrogen and oxygen atoms in total. The Morgan fingerprint density at radius 2 is 2.04 bits per heavy atom. The summed E-state index contributed by atoms with van der Waals surface area (Å²) in [5.74, 6) is 0.882. The second kappa shape index (κ2) is 7.54. The molecule has 0 bridgehead atoms. The number of piperidine rings is 1. The van der Waals surface area contributed by atoms with Gasteiger partial charge in [0.15, 0.2) is 0 Å². The monoisotopic (exact) mass is 379 g/mol. The molecule has 28 heavy (non-hydrogen) atoms. The zero-order chi connectivity index (χ0) is 19.6. The van der Waals surface area contributed by atoms with Gasteiger partial charge in [-0.1, -0.05) is 24.3 Å². The summed E-state index contributed by atoms with van der Waals surface area (Å²) in [5.41, 5.74) is 0.640. The summed E-state index contributed by atoms with van der Waals surface area (Å²) >= 11 is 0. The Morgan fingerprint density at radius 1 is 1.21 bits per heavy atom. The molecule has 144 valence electrons. The number of benzene rings is 1. The molecule has 1 fully saturated rings. The summed E-state index contributed by atoms with van der Waals surface area (Å²) in [6, 6.07) is 12.0. The highest BCUT2D eigenvalue weighted by Gasteiger charge is 2.39. The molecule has 1 atom stereocenters. The average molecular weight is 379 g/mol. The number of oxazole rings is 1. The third-order valence-electron chi connectivity index (χ3n) is 5.26. The van der Waals surface area contributed by atoms with Gasteiger partial charge in [0, 0.05) is 25.7 Å². The molecule has 1 aromatic carbocycles. The van der Waals surface area contributed by atoms with E-state index >= 15 is 0 Å². The van der Waals surface area contributed by atoms with Crippen LogP contribution in [-0.4, -0.2) is 33.9 Å². The van der Waals surface area contributed by atoms with Gasteiger partial charge in [-0.2, -0.15) is 0 Å². The lowest BCUT2D eigenvalue weighted by Gasteiger charge is -2.38. The third-order valence-corrected chi connectivity index (χ3v) is 5.26. The maximum Gasteiger partial charge on any atom is 0.272 e. The zero-order valence-corrected chi connectivity index (χ0v) is 15.8. The van der Waals surface area contributed by atoms with Crippen LogP contribution in [0.3, 0.4) is 0 Å². The number of halogens is 1. The molecule has 1 amide bonds. The first-order valence-corrected chi connectivity index (χ1v) is 9.44. The summed E-state index contributed by atoms with van der Waals surface area (Å²) in [7, 11) is 0. The van der Waals surface area contributed by atoms with E-state index in [0.29, 0.717) is 42.4 Å². The highest BCUT2D eigenvalue weighted by molar-refractivity contribution is 5.92. The summed E-state index contributed by atoms with van der Waals surface area (Å²) in [6.45, 7) is 3.26. The van der Waals surface area contributed by atoms with Crippen molar-refractivity contribution < 1.29 is 13.6 Å². The molecule has 0 unspecified atom stereocenters. The number of carbonyl (C=O) groups excluding carboxylic acids is 1. The quantitative estimate of drug-likeness (QED) is 0.688. The van der Waals surface area contributed by atoms with E-state index in [4.69, 9.17) is 4.42 Å². The molecule has 1 aliphatic heterocycles. The molecule has 0 saturated carbocycles. The zero-order valence-electron chi connectivity index (χ0n) is 15.8. The SMILES string of the molecule is C[C@]1(c2ncc(Cc3ccccc3F)o2)CCCN(C(=O)c2ccccn2)C1. The van der Waals surface area contributed by atoms with Crippen molar-refractivity contribution in [3.05, 3.63) is 83.6 Å². The first-order valence-electron chi connectivity index (χ1n) is 9.44. The standard InChI is InChI=1S/C22H22FN3O2/c1-22(10-6-12-26(15-22)20(27)19-9-4-5-11-24-19)21-25-14-17(28-21)13-16-7-2-3-8-18(16)23/h2-5,7-9,11,14H,6,10,12-13,15H2,1H3/t22-/m0/s1. The lowest BCUT2D eigenvalue weighted by molar-refractivity contribution is 0.0620. The Balaban J connectivity index is 1.51. The van der Waals surface area contributed by atoms with Gasteiger partial charge in [0.2, 0.25) is 5.89 Å². The predicted octanol–water partition coefficient (Wildman–Crippen LogP) is 3.99. The van der Waals surface area contributed by atoms with E-state index in [9.17, 15) is 9.18 Å². The number of rotatable bonds is 4. The maximum atomic E-state index is 13.9. The Morgan fingerprint density at radius 3 is 2.82 bits per heavy atom. The van der Waals surface area contributed by atoms with Crippen molar-refractivity contribution >= 4 is 5.91 Å². The number of hydrogen-bond donors (Lipinski definition) is 0. The fraction of sp³-hybridized carbons (Fsp3) is 0.318. The number of hydrogen-bond acceptors (Lipinski definition) is 4. The van der Waals surface area contributed by atoms with Gasteiger partial charge in [0.05, 0.1) is 11.6 Å². The average Bonchev–Trinajstić information content (AvgIpc) is 3.19. The highest BCUT2D eigenvalue weighted by Crippen LogP contribution is 2.34. The largest absolute Gasteiger partial charge is 0.445 e. The van der Waals surface area contributed by atoms with Gasteiger partial charge in [-0.15, -0.1) is 0 Å². The molecule has 0 aliphatic carbocycles. The number of pyridine rings is 1. The van der Waals surface area contributed by atoms with E-state index in [0.717, 1.165) is 12.8 Å². The van der Waals surface area contributed by atoms with Gasteiger partial charge in [0.1, 0.15) is 17.3 Å². The molecule has 3 heterocycles. The van der Waals surface area contributed by atoms with Gasteiger partial charge < -0.3 is 9.32 Å². The van der Waals surface area contributed by atoms with Gasteiger partial charge in [-0.05, 0) is 43.5 Å². The van der Waals surface area contributed by atoms with Crippen molar-refractivity contribution in [3.8, 4) is 0 Å². The van der Waals surface area contributed by atoms with E-state index in [2.05, 4.69) is 16.9 Å². The molecule has 0 radical (unpaired) electrons. The first kappa shape index (κ1) is 18.3. The van der Waals surface area contributed by atoms with Crippen LogP contribution in [0.4, 0.5) is 4.39 Å². The van der Waals surface area contributed by atoms with Crippen molar-refractivity contribution in [1.29, 1.82) is 0 Å². The van der Waals surface area contributed by atoms with E-state index in [-0.39, 0.29) is 17.1 Å². The van der Waals surface area contributed by atoms with Crippen LogP contribution in [0.25, 0.3) is 0 Å². The Hall–Kier alpha value is -3.02. The molecule has 1 aliphatic rings. The fourth-order valence-electron chi connectivity index (χ4n) is 3.74. The smallest absolute Gasteiger partial charge is 0.272 e. The predicted molar refractivity (Wildman–Crippen MR) is 102 cm³/mol. The van der Waals surface area contributed by atoms with Gasteiger partial charge in [-0.25, -0.2) is 9.37 Å². The van der Waals surface area contributed by atoms with E-state index < -0.39 is 0 Å². The van der Waals surface area contributed by atoms with Crippen molar-refractivity contribution in [2.75, 3.05) is 13.1 Å². The van der Waals surface area contributed by atoms with Gasteiger partial charge in [-0.3, -0.25) is 9.78 Å². The second-order valence-electron chi connectivity index (χ2n) is 7.51. The van der Waals surface area contributed by atoms with Gasteiger partial charge >= 0.3 is 0 Å². The summed E-state index contributed by atoms with van der Waals surface area (Å²) in [6.07, 6.45) is 5.37. The number of amides is 1. The third kappa shape index (κ3) is 3.67. The lowest BCUT2D eigenvalue weighted by atomic mass is 9.81. The van der Waals surface area contributed by atoms with Crippen molar-refractivity contribution in [1.82, 2.24) is 14.9 Å². The van der Waals surface area contributed by atoms with Crippen LogP contribution >= 0.6 is 0 Å². The minimum atomic E-state index is -0.379. The Bertz CT molecular complexity index is 973. The molecule has 1 saturated heterocycles. The van der Waals surface area contributed by atoms with E-state index in [1.165, 1.54) is 6.07 Å². The van der Waals surface area contributed by atoms with Crippen LogP contribution in [-0.2, 0) is 11.8 Å². The maximum absolute atomic E-state index is 13.9. The lowest BCUT2D eigenvalue weighted by Crippen LogP contribution is -2.47. The van der Waals surface area contributed by atoms with E-state index in [1.807, 2.05) is 11.0 Å².